The van der Waals surface area contributed by atoms with Gasteiger partial charge >= 0.3 is 5.97 Å². The first-order chi connectivity index (χ1) is 13.4. The molecular weight excluding hydrogens is 360 g/mol. The average Bonchev–Trinajstić information content (AvgIpc) is 2.68. The number of carboxylic acids is 1. The lowest BCUT2D eigenvalue weighted by Crippen LogP contribution is -2.32. The average molecular weight is 382 g/mol. The van der Waals surface area contributed by atoms with Crippen LogP contribution < -0.4 is 10.1 Å². The van der Waals surface area contributed by atoms with Crippen molar-refractivity contribution in [3.63, 3.8) is 0 Å². The summed E-state index contributed by atoms with van der Waals surface area (Å²) in [5.74, 6) is -0.578. The molecule has 1 atom stereocenters. The van der Waals surface area contributed by atoms with Crippen LogP contribution in [0.3, 0.4) is 0 Å². The Kier molecular flexibility index (Phi) is 5.63. The number of hydrogen-bond acceptors (Lipinski definition) is 5. The molecule has 1 aliphatic carbocycles. The molecule has 1 aliphatic rings. The number of carbonyl (C=O) groups is 2. The van der Waals surface area contributed by atoms with Crippen molar-refractivity contribution >= 4 is 22.6 Å². The van der Waals surface area contributed by atoms with Gasteiger partial charge in [-0.2, -0.15) is 0 Å². The molecule has 146 valence electrons. The zero-order chi connectivity index (χ0) is 20.1. The van der Waals surface area contributed by atoms with Crippen molar-refractivity contribution in [3.05, 3.63) is 60.0 Å². The summed E-state index contributed by atoms with van der Waals surface area (Å²) in [6, 6.07) is 9.06. The van der Waals surface area contributed by atoms with Crippen LogP contribution in [0.15, 0.2) is 54.3 Å². The Bertz CT molecular complexity index is 966. The molecule has 1 heterocycles. The van der Waals surface area contributed by atoms with E-state index in [0.717, 1.165) is 16.5 Å². The highest BCUT2D eigenvalue weighted by Crippen LogP contribution is 2.31. The monoisotopic (exact) mass is 382 g/mol. The third-order valence-electron chi connectivity index (χ3n) is 4.29. The second kappa shape index (κ2) is 8.12. The number of pyridine rings is 1. The van der Waals surface area contributed by atoms with E-state index in [2.05, 4.69) is 10.3 Å². The minimum Gasteiger partial charge on any atom is -0.494 e. The number of ether oxygens (including phenoxy) is 2. The fourth-order valence-electron chi connectivity index (χ4n) is 2.88. The lowest BCUT2D eigenvalue weighted by molar-refractivity contribution is -0.135. The lowest BCUT2D eigenvalue weighted by atomic mass is 9.96. The zero-order valence-electron chi connectivity index (χ0n) is 15.8. The molecule has 0 saturated heterocycles. The summed E-state index contributed by atoms with van der Waals surface area (Å²) in [6.45, 7) is 3.97. The summed E-state index contributed by atoms with van der Waals surface area (Å²) in [4.78, 5) is 27.4. The number of nitrogens with one attached hydrogen (secondary N) is 1. The van der Waals surface area contributed by atoms with Crippen molar-refractivity contribution in [1.29, 1.82) is 0 Å². The van der Waals surface area contributed by atoms with Crippen LogP contribution in [0.25, 0.3) is 10.8 Å². The third-order valence-corrected chi connectivity index (χ3v) is 4.29. The SMILES string of the molecule is CCOC1=CCC(C)(Oc2nc(C(=O)NCC(=O)O)cc3ccccc23)C=C1. The second-order valence-electron chi connectivity index (χ2n) is 6.60. The van der Waals surface area contributed by atoms with Crippen LogP contribution in [0, 0.1) is 0 Å². The zero-order valence-corrected chi connectivity index (χ0v) is 15.8. The van der Waals surface area contributed by atoms with Crippen molar-refractivity contribution in [2.45, 2.75) is 25.9 Å². The number of nitrogens with zero attached hydrogens (tertiary/aromatic N) is 1. The summed E-state index contributed by atoms with van der Waals surface area (Å²) in [5, 5.41) is 12.6. The normalized spacial score (nSPS) is 18.4. The van der Waals surface area contributed by atoms with Crippen LogP contribution >= 0.6 is 0 Å². The van der Waals surface area contributed by atoms with Crippen molar-refractivity contribution in [2.24, 2.45) is 0 Å². The topological polar surface area (TPSA) is 97.8 Å². The summed E-state index contributed by atoms with van der Waals surface area (Å²) in [7, 11) is 0. The van der Waals surface area contributed by atoms with Crippen molar-refractivity contribution in [2.75, 3.05) is 13.2 Å². The van der Waals surface area contributed by atoms with Gasteiger partial charge in [0.1, 0.15) is 23.6 Å². The first-order valence-electron chi connectivity index (χ1n) is 9.01. The molecule has 1 aromatic carbocycles. The van der Waals surface area contributed by atoms with Gasteiger partial charge in [0.05, 0.1) is 6.61 Å². The second-order valence-corrected chi connectivity index (χ2v) is 6.60. The van der Waals surface area contributed by atoms with Crippen molar-refractivity contribution in [3.8, 4) is 5.88 Å². The number of hydrogen-bond donors (Lipinski definition) is 2. The Balaban J connectivity index is 1.91. The van der Waals surface area contributed by atoms with E-state index in [1.54, 1.807) is 6.07 Å². The highest BCUT2D eigenvalue weighted by Gasteiger charge is 2.27. The van der Waals surface area contributed by atoms with E-state index >= 15 is 0 Å². The minimum atomic E-state index is -1.12. The van der Waals surface area contributed by atoms with Gasteiger partial charge in [-0.3, -0.25) is 9.59 Å². The van der Waals surface area contributed by atoms with Gasteiger partial charge in [-0.25, -0.2) is 4.98 Å². The maximum Gasteiger partial charge on any atom is 0.322 e. The highest BCUT2D eigenvalue weighted by molar-refractivity contribution is 5.99. The fourth-order valence-corrected chi connectivity index (χ4v) is 2.88. The van der Waals surface area contributed by atoms with E-state index in [4.69, 9.17) is 14.6 Å². The standard InChI is InChI=1S/C21H22N2O5/c1-3-27-15-8-10-21(2,11-9-15)28-20-16-7-5-4-6-14(16)12-17(23-20)19(26)22-13-18(24)25/h4-10,12H,3,11,13H2,1-2H3,(H,22,26)(H,24,25). The molecule has 1 amide bonds. The summed E-state index contributed by atoms with van der Waals surface area (Å²) >= 11 is 0. The van der Waals surface area contributed by atoms with Gasteiger partial charge in [-0.05, 0) is 49.6 Å². The molecule has 0 fully saturated rings. The van der Waals surface area contributed by atoms with Crippen molar-refractivity contribution < 1.29 is 24.2 Å². The number of amides is 1. The number of benzene rings is 1. The van der Waals surface area contributed by atoms with Crippen LogP contribution in [0.1, 0.15) is 30.8 Å². The number of carbonyl (C=O) groups excluding carboxylic acids is 1. The number of fused-ring (bicyclic) bond motifs is 1. The van der Waals surface area contributed by atoms with E-state index < -0.39 is 24.0 Å². The number of allylic oxidation sites excluding steroid dienone is 1. The van der Waals surface area contributed by atoms with Crippen LogP contribution in [0.5, 0.6) is 5.88 Å². The molecule has 2 N–H and O–H groups in total. The Hall–Kier alpha value is -3.35. The Morgan fingerprint density at radius 2 is 2.11 bits per heavy atom. The Labute approximate surface area is 162 Å². The molecule has 0 bridgehead atoms. The fraction of sp³-hybridized carbons (Fsp3) is 0.286. The van der Waals surface area contributed by atoms with Crippen molar-refractivity contribution in [1.82, 2.24) is 10.3 Å². The van der Waals surface area contributed by atoms with Gasteiger partial charge in [0.2, 0.25) is 5.88 Å². The third kappa shape index (κ3) is 4.49. The molecule has 2 aromatic rings. The van der Waals surface area contributed by atoms with E-state index in [1.165, 1.54) is 0 Å². The molecular formula is C21H22N2O5. The maximum absolute atomic E-state index is 12.3. The number of aromatic nitrogens is 1. The largest absolute Gasteiger partial charge is 0.494 e. The van der Waals surface area contributed by atoms with E-state index in [1.807, 2.05) is 56.3 Å². The molecule has 3 rings (SSSR count). The Morgan fingerprint density at radius 1 is 1.32 bits per heavy atom. The van der Waals surface area contributed by atoms with Gasteiger partial charge in [-0.1, -0.05) is 18.2 Å². The quantitative estimate of drug-likeness (QED) is 0.764. The molecule has 28 heavy (non-hydrogen) atoms. The van der Waals surface area contributed by atoms with E-state index in [9.17, 15) is 9.59 Å². The first kappa shape index (κ1) is 19.4. The van der Waals surface area contributed by atoms with Crippen LogP contribution in [-0.4, -0.2) is 40.7 Å². The van der Waals surface area contributed by atoms with Crippen LogP contribution in [0.2, 0.25) is 0 Å². The predicted octanol–water partition coefficient (Wildman–Crippen LogP) is 3.07. The molecule has 1 aromatic heterocycles. The summed E-state index contributed by atoms with van der Waals surface area (Å²) in [5.41, 5.74) is -0.545. The van der Waals surface area contributed by atoms with Gasteiger partial charge < -0.3 is 19.9 Å². The molecule has 0 radical (unpaired) electrons. The number of carboxylic acid groups (broad SMARTS) is 1. The van der Waals surface area contributed by atoms with Gasteiger partial charge in [0.15, 0.2) is 0 Å². The molecule has 0 spiro atoms. The number of aliphatic carboxylic acids is 1. The highest BCUT2D eigenvalue weighted by atomic mass is 16.5. The van der Waals surface area contributed by atoms with Crippen LogP contribution in [0.4, 0.5) is 0 Å². The van der Waals surface area contributed by atoms with E-state index in [0.29, 0.717) is 18.9 Å². The molecule has 7 heteroatoms. The molecule has 7 nitrogen and oxygen atoms in total. The first-order valence-corrected chi connectivity index (χ1v) is 9.01. The van der Waals surface area contributed by atoms with Gasteiger partial charge in [0.25, 0.3) is 5.91 Å². The van der Waals surface area contributed by atoms with E-state index in [-0.39, 0.29) is 5.69 Å². The summed E-state index contributed by atoms with van der Waals surface area (Å²) in [6.07, 6.45) is 6.31. The predicted molar refractivity (Wildman–Crippen MR) is 104 cm³/mol. The molecule has 0 saturated carbocycles. The Morgan fingerprint density at radius 3 is 2.79 bits per heavy atom. The van der Waals surface area contributed by atoms with Gasteiger partial charge in [-0.15, -0.1) is 0 Å². The minimum absolute atomic E-state index is 0.101. The van der Waals surface area contributed by atoms with Gasteiger partial charge in [0, 0.05) is 11.8 Å². The molecule has 0 aliphatic heterocycles. The molecule has 1 unspecified atom stereocenters. The van der Waals surface area contributed by atoms with Crippen LogP contribution in [-0.2, 0) is 9.53 Å². The maximum atomic E-state index is 12.3. The lowest BCUT2D eigenvalue weighted by Gasteiger charge is -2.29. The number of rotatable bonds is 7. The smallest absolute Gasteiger partial charge is 0.322 e. The summed E-state index contributed by atoms with van der Waals surface area (Å²) < 4.78 is 11.7.